The maximum absolute atomic E-state index is 11.8. The number of nitrogens with two attached hydrogens (primary N) is 1. The van der Waals surface area contributed by atoms with Gasteiger partial charge in [0.15, 0.2) is 0 Å². The Balaban J connectivity index is 1.60. The number of carbonyl (C=O) groups excluding carboxylic acids is 1. The van der Waals surface area contributed by atoms with Gasteiger partial charge in [-0.05, 0) is 18.9 Å². The SMILES string of the molecule is NCC1CN(C(=O)CCC2CCCCC2)C1. The molecule has 2 fully saturated rings. The van der Waals surface area contributed by atoms with Crippen LogP contribution in [0.3, 0.4) is 0 Å². The summed E-state index contributed by atoms with van der Waals surface area (Å²) < 4.78 is 0. The zero-order chi connectivity index (χ0) is 11.4. The van der Waals surface area contributed by atoms with E-state index in [-0.39, 0.29) is 0 Å². The first-order chi connectivity index (χ1) is 7.79. The van der Waals surface area contributed by atoms with Crippen molar-refractivity contribution >= 4 is 5.91 Å². The zero-order valence-corrected chi connectivity index (χ0v) is 10.2. The fourth-order valence-electron chi connectivity index (χ4n) is 2.88. The van der Waals surface area contributed by atoms with Crippen molar-refractivity contribution in [2.75, 3.05) is 19.6 Å². The Labute approximate surface area is 98.4 Å². The Morgan fingerprint density at radius 3 is 2.44 bits per heavy atom. The van der Waals surface area contributed by atoms with E-state index in [1.165, 1.54) is 32.1 Å². The van der Waals surface area contributed by atoms with Crippen molar-refractivity contribution in [2.45, 2.75) is 44.9 Å². The molecule has 0 spiro atoms. The van der Waals surface area contributed by atoms with Crippen molar-refractivity contribution in [1.29, 1.82) is 0 Å². The average Bonchev–Trinajstić information content (AvgIpc) is 2.26. The van der Waals surface area contributed by atoms with Crippen molar-refractivity contribution in [1.82, 2.24) is 4.90 Å². The molecule has 1 amide bonds. The number of nitrogens with zero attached hydrogens (tertiary/aromatic N) is 1. The van der Waals surface area contributed by atoms with Gasteiger partial charge in [-0.3, -0.25) is 4.79 Å². The molecular weight excluding hydrogens is 200 g/mol. The summed E-state index contributed by atoms with van der Waals surface area (Å²) in [6.07, 6.45) is 8.71. The first kappa shape index (κ1) is 11.9. The fourth-order valence-corrected chi connectivity index (χ4v) is 2.88. The average molecular weight is 224 g/mol. The van der Waals surface area contributed by atoms with Crippen molar-refractivity contribution in [2.24, 2.45) is 17.6 Å². The Hall–Kier alpha value is -0.570. The maximum Gasteiger partial charge on any atom is 0.222 e. The van der Waals surface area contributed by atoms with Gasteiger partial charge in [0.05, 0.1) is 0 Å². The Morgan fingerprint density at radius 2 is 1.81 bits per heavy atom. The Bertz CT molecular complexity index is 230. The number of hydrogen-bond donors (Lipinski definition) is 1. The number of carbonyl (C=O) groups is 1. The summed E-state index contributed by atoms with van der Waals surface area (Å²) in [5.41, 5.74) is 5.55. The predicted molar refractivity (Wildman–Crippen MR) is 64.9 cm³/mol. The van der Waals surface area contributed by atoms with E-state index in [1.807, 2.05) is 4.90 Å². The maximum atomic E-state index is 11.8. The molecule has 1 saturated heterocycles. The van der Waals surface area contributed by atoms with Gasteiger partial charge >= 0.3 is 0 Å². The van der Waals surface area contributed by atoms with Crippen LogP contribution in [-0.2, 0) is 4.79 Å². The topological polar surface area (TPSA) is 46.3 Å². The summed E-state index contributed by atoms with van der Waals surface area (Å²) in [6.45, 7) is 2.53. The second kappa shape index (κ2) is 5.67. The number of rotatable bonds is 4. The van der Waals surface area contributed by atoms with Gasteiger partial charge in [0.1, 0.15) is 0 Å². The zero-order valence-electron chi connectivity index (χ0n) is 10.2. The highest BCUT2D eigenvalue weighted by Gasteiger charge is 2.29. The van der Waals surface area contributed by atoms with Crippen molar-refractivity contribution < 1.29 is 4.79 Å². The molecule has 1 aliphatic heterocycles. The molecule has 2 rings (SSSR count). The summed E-state index contributed by atoms with van der Waals surface area (Å²) in [4.78, 5) is 13.8. The van der Waals surface area contributed by atoms with E-state index in [4.69, 9.17) is 5.73 Å². The van der Waals surface area contributed by atoms with Crippen LogP contribution in [0.5, 0.6) is 0 Å². The number of hydrogen-bond acceptors (Lipinski definition) is 2. The summed E-state index contributed by atoms with van der Waals surface area (Å²) in [6, 6.07) is 0. The van der Waals surface area contributed by atoms with Crippen LogP contribution in [0, 0.1) is 11.8 Å². The lowest BCUT2D eigenvalue weighted by Crippen LogP contribution is -2.52. The molecule has 0 radical (unpaired) electrons. The van der Waals surface area contributed by atoms with Crippen molar-refractivity contribution in [3.8, 4) is 0 Å². The largest absolute Gasteiger partial charge is 0.342 e. The van der Waals surface area contributed by atoms with Gasteiger partial charge in [-0.15, -0.1) is 0 Å². The van der Waals surface area contributed by atoms with E-state index in [9.17, 15) is 4.79 Å². The molecule has 0 unspecified atom stereocenters. The molecule has 16 heavy (non-hydrogen) atoms. The lowest BCUT2D eigenvalue weighted by molar-refractivity contribution is -0.137. The van der Waals surface area contributed by atoms with Crippen LogP contribution < -0.4 is 5.73 Å². The molecule has 1 saturated carbocycles. The summed E-state index contributed by atoms with van der Waals surface area (Å²) in [5.74, 6) is 1.75. The number of amides is 1. The molecule has 1 heterocycles. The third-order valence-corrected chi connectivity index (χ3v) is 4.13. The molecule has 0 aromatic rings. The highest BCUT2D eigenvalue weighted by Crippen LogP contribution is 2.28. The van der Waals surface area contributed by atoms with Crippen LogP contribution in [0.4, 0.5) is 0 Å². The minimum absolute atomic E-state index is 0.357. The molecule has 0 aromatic carbocycles. The molecule has 3 heteroatoms. The highest BCUT2D eigenvalue weighted by molar-refractivity contribution is 5.77. The van der Waals surface area contributed by atoms with Gasteiger partial charge in [0, 0.05) is 25.4 Å². The van der Waals surface area contributed by atoms with Crippen LogP contribution in [0.15, 0.2) is 0 Å². The molecule has 2 N–H and O–H groups in total. The molecule has 2 aliphatic rings. The third kappa shape index (κ3) is 2.97. The summed E-state index contributed by atoms with van der Waals surface area (Å²) in [5, 5.41) is 0. The van der Waals surface area contributed by atoms with Crippen molar-refractivity contribution in [3.63, 3.8) is 0 Å². The monoisotopic (exact) mass is 224 g/mol. The quantitative estimate of drug-likeness (QED) is 0.791. The molecule has 1 aliphatic carbocycles. The van der Waals surface area contributed by atoms with E-state index in [0.717, 1.165) is 38.4 Å². The first-order valence-electron chi connectivity index (χ1n) is 6.77. The second-order valence-corrected chi connectivity index (χ2v) is 5.44. The summed E-state index contributed by atoms with van der Waals surface area (Å²) >= 11 is 0. The standard InChI is InChI=1S/C13H24N2O/c14-8-12-9-15(10-12)13(16)7-6-11-4-2-1-3-5-11/h11-12H,1-10,14H2. The van der Waals surface area contributed by atoms with Gasteiger partial charge in [-0.1, -0.05) is 32.1 Å². The second-order valence-electron chi connectivity index (χ2n) is 5.44. The number of likely N-dealkylation sites (tertiary alicyclic amines) is 1. The molecule has 3 nitrogen and oxygen atoms in total. The van der Waals surface area contributed by atoms with Gasteiger partial charge in [0.2, 0.25) is 5.91 Å². The molecule has 92 valence electrons. The lowest BCUT2D eigenvalue weighted by atomic mass is 9.86. The van der Waals surface area contributed by atoms with E-state index in [0.29, 0.717) is 11.8 Å². The van der Waals surface area contributed by atoms with Crippen LogP contribution in [0.1, 0.15) is 44.9 Å². The lowest BCUT2D eigenvalue weighted by Gasteiger charge is -2.39. The van der Waals surface area contributed by atoms with Crippen LogP contribution in [0.2, 0.25) is 0 Å². The van der Waals surface area contributed by atoms with Gasteiger partial charge in [-0.25, -0.2) is 0 Å². The van der Waals surface area contributed by atoms with Crippen LogP contribution in [0.25, 0.3) is 0 Å². The van der Waals surface area contributed by atoms with E-state index >= 15 is 0 Å². The van der Waals surface area contributed by atoms with Crippen molar-refractivity contribution in [3.05, 3.63) is 0 Å². The smallest absolute Gasteiger partial charge is 0.222 e. The molecule has 0 bridgehead atoms. The van der Waals surface area contributed by atoms with Gasteiger partial charge in [-0.2, -0.15) is 0 Å². The van der Waals surface area contributed by atoms with Crippen LogP contribution >= 0.6 is 0 Å². The van der Waals surface area contributed by atoms with E-state index < -0.39 is 0 Å². The normalized spacial score (nSPS) is 23.2. The first-order valence-corrected chi connectivity index (χ1v) is 6.77. The van der Waals surface area contributed by atoms with Gasteiger partial charge < -0.3 is 10.6 Å². The summed E-state index contributed by atoms with van der Waals surface area (Å²) in [7, 11) is 0. The molecule has 0 aromatic heterocycles. The predicted octanol–water partition coefficient (Wildman–Crippen LogP) is 1.76. The van der Waals surface area contributed by atoms with E-state index in [2.05, 4.69) is 0 Å². The molecule has 0 atom stereocenters. The fraction of sp³-hybridized carbons (Fsp3) is 0.923. The van der Waals surface area contributed by atoms with Gasteiger partial charge in [0.25, 0.3) is 0 Å². The van der Waals surface area contributed by atoms with Crippen LogP contribution in [-0.4, -0.2) is 30.4 Å². The van der Waals surface area contributed by atoms with E-state index in [1.54, 1.807) is 0 Å². The third-order valence-electron chi connectivity index (χ3n) is 4.13. The minimum atomic E-state index is 0.357. The minimum Gasteiger partial charge on any atom is -0.342 e. The Kier molecular flexibility index (Phi) is 4.22. The molecular formula is C13H24N2O. The highest BCUT2D eigenvalue weighted by atomic mass is 16.2. The Morgan fingerprint density at radius 1 is 1.12 bits per heavy atom.